The summed E-state index contributed by atoms with van der Waals surface area (Å²) >= 11 is 0. The van der Waals surface area contributed by atoms with Crippen molar-refractivity contribution in [3.63, 3.8) is 0 Å². The van der Waals surface area contributed by atoms with Crippen LogP contribution in [0.3, 0.4) is 0 Å². The first-order chi connectivity index (χ1) is 10.3. The largest absolute Gasteiger partial charge is 0.377 e. The number of pyridine rings is 1. The van der Waals surface area contributed by atoms with Crippen molar-refractivity contribution >= 4 is 16.6 Å². The molecule has 1 aliphatic heterocycles. The van der Waals surface area contributed by atoms with Crippen LogP contribution < -0.4 is 10.2 Å². The van der Waals surface area contributed by atoms with Crippen LogP contribution in [0.5, 0.6) is 0 Å². The summed E-state index contributed by atoms with van der Waals surface area (Å²) in [4.78, 5) is 7.22. The van der Waals surface area contributed by atoms with Crippen molar-refractivity contribution < 1.29 is 4.74 Å². The fourth-order valence-corrected chi connectivity index (χ4v) is 2.88. The number of fused-ring (bicyclic) bond motifs is 1. The predicted octanol–water partition coefficient (Wildman–Crippen LogP) is 2.57. The molecule has 112 valence electrons. The Balaban J connectivity index is 2.05. The van der Waals surface area contributed by atoms with E-state index in [4.69, 9.17) is 9.72 Å². The van der Waals surface area contributed by atoms with Crippen LogP contribution >= 0.6 is 0 Å². The Morgan fingerprint density at radius 1 is 1.38 bits per heavy atom. The molecule has 0 radical (unpaired) electrons. The molecule has 1 atom stereocenters. The van der Waals surface area contributed by atoms with Crippen molar-refractivity contribution in [2.75, 3.05) is 31.2 Å². The van der Waals surface area contributed by atoms with Gasteiger partial charge in [0.25, 0.3) is 0 Å². The molecule has 1 unspecified atom stereocenters. The lowest BCUT2D eigenvalue weighted by atomic mass is 10.1. The molecule has 1 saturated heterocycles. The van der Waals surface area contributed by atoms with E-state index < -0.39 is 0 Å². The van der Waals surface area contributed by atoms with Crippen LogP contribution in [0, 0.1) is 0 Å². The molecule has 1 aromatic carbocycles. The minimum absolute atomic E-state index is 0.400. The second-order valence-electron chi connectivity index (χ2n) is 5.55. The van der Waals surface area contributed by atoms with Gasteiger partial charge in [-0.25, -0.2) is 0 Å². The number of anilines is 1. The molecule has 2 heterocycles. The molecule has 3 rings (SSSR count). The van der Waals surface area contributed by atoms with Gasteiger partial charge in [-0.3, -0.25) is 4.98 Å². The summed E-state index contributed by atoms with van der Waals surface area (Å²) in [5.41, 5.74) is 3.45. The van der Waals surface area contributed by atoms with Crippen molar-refractivity contribution in [2.45, 2.75) is 26.4 Å². The van der Waals surface area contributed by atoms with Gasteiger partial charge in [-0.05, 0) is 25.6 Å². The zero-order valence-corrected chi connectivity index (χ0v) is 12.8. The zero-order chi connectivity index (χ0) is 14.7. The Bertz CT molecular complexity index is 614. The van der Waals surface area contributed by atoms with E-state index in [2.05, 4.69) is 54.4 Å². The van der Waals surface area contributed by atoms with Crippen LogP contribution in [0.4, 0.5) is 5.69 Å². The average Bonchev–Trinajstić information content (AvgIpc) is 2.52. The second-order valence-corrected chi connectivity index (χ2v) is 5.55. The zero-order valence-electron chi connectivity index (χ0n) is 12.8. The molecule has 4 heteroatoms. The monoisotopic (exact) mass is 285 g/mol. The first kappa shape index (κ1) is 14.3. The Morgan fingerprint density at radius 3 is 3.05 bits per heavy atom. The molecule has 0 aliphatic carbocycles. The van der Waals surface area contributed by atoms with Crippen LogP contribution in [0.15, 0.2) is 30.3 Å². The Morgan fingerprint density at radius 2 is 2.24 bits per heavy atom. The number of nitrogens with zero attached hydrogens (tertiary/aromatic N) is 2. The third kappa shape index (κ3) is 3.01. The first-order valence-electron chi connectivity index (χ1n) is 7.73. The smallest absolute Gasteiger partial charge is 0.0726 e. The van der Waals surface area contributed by atoms with Crippen molar-refractivity contribution in [3.05, 3.63) is 36.0 Å². The highest BCUT2D eigenvalue weighted by Crippen LogP contribution is 2.29. The highest BCUT2D eigenvalue weighted by molar-refractivity contribution is 5.92. The number of ether oxygens (including phenoxy) is 1. The number of hydrogen-bond acceptors (Lipinski definition) is 4. The first-order valence-corrected chi connectivity index (χ1v) is 7.73. The van der Waals surface area contributed by atoms with E-state index in [1.54, 1.807) is 0 Å². The molecule has 0 bridgehead atoms. The molecular formula is C17H23N3O. The summed E-state index contributed by atoms with van der Waals surface area (Å²) in [7, 11) is 0. The maximum absolute atomic E-state index is 5.57. The molecule has 0 saturated carbocycles. The molecule has 1 fully saturated rings. The molecular weight excluding hydrogens is 262 g/mol. The molecule has 2 aromatic rings. The van der Waals surface area contributed by atoms with Crippen LogP contribution in [0.1, 0.15) is 19.5 Å². The van der Waals surface area contributed by atoms with E-state index in [9.17, 15) is 0 Å². The molecule has 1 aliphatic rings. The van der Waals surface area contributed by atoms with Crippen LogP contribution in [-0.4, -0.2) is 37.3 Å². The Kier molecular flexibility index (Phi) is 4.36. The number of rotatable bonds is 4. The maximum Gasteiger partial charge on any atom is 0.0726 e. The third-order valence-electron chi connectivity index (χ3n) is 3.98. The summed E-state index contributed by atoms with van der Waals surface area (Å²) in [6.07, 6.45) is 0. The number of morpholine rings is 1. The predicted molar refractivity (Wildman–Crippen MR) is 86.8 cm³/mol. The summed E-state index contributed by atoms with van der Waals surface area (Å²) in [5, 5.41) is 4.59. The quantitative estimate of drug-likeness (QED) is 0.937. The second kappa shape index (κ2) is 6.41. The van der Waals surface area contributed by atoms with Crippen molar-refractivity contribution in [1.29, 1.82) is 0 Å². The lowest BCUT2D eigenvalue weighted by Crippen LogP contribution is -2.43. The van der Waals surface area contributed by atoms with E-state index in [-0.39, 0.29) is 0 Å². The van der Waals surface area contributed by atoms with Gasteiger partial charge in [0.15, 0.2) is 0 Å². The lowest BCUT2D eigenvalue weighted by molar-refractivity contribution is 0.0991. The molecule has 0 spiro atoms. The third-order valence-corrected chi connectivity index (χ3v) is 3.98. The van der Waals surface area contributed by atoms with Gasteiger partial charge in [0, 0.05) is 30.2 Å². The average molecular weight is 285 g/mol. The van der Waals surface area contributed by atoms with Crippen molar-refractivity contribution in [3.8, 4) is 0 Å². The minimum Gasteiger partial charge on any atom is -0.377 e. The summed E-state index contributed by atoms with van der Waals surface area (Å²) in [6.45, 7) is 8.63. The molecule has 1 N–H and O–H groups in total. The standard InChI is InChI=1S/C17H23N3O/c1-3-18-11-14-10-17(20-8-9-21-12-13(20)2)15-6-4-5-7-16(15)19-14/h4-7,10,13,18H,3,8-9,11-12H2,1-2H3. The lowest BCUT2D eigenvalue weighted by Gasteiger charge is -2.36. The maximum atomic E-state index is 5.57. The van der Waals surface area contributed by atoms with Crippen LogP contribution in [0.2, 0.25) is 0 Å². The highest BCUT2D eigenvalue weighted by atomic mass is 16.5. The number of aromatic nitrogens is 1. The summed E-state index contributed by atoms with van der Waals surface area (Å²) < 4.78 is 5.57. The molecule has 21 heavy (non-hydrogen) atoms. The van der Waals surface area contributed by atoms with Gasteiger partial charge in [-0.1, -0.05) is 25.1 Å². The number of nitrogens with one attached hydrogen (secondary N) is 1. The molecule has 4 nitrogen and oxygen atoms in total. The summed E-state index contributed by atoms with van der Waals surface area (Å²) in [5.74, 6) is 0. The SMILES string of the molecule is CCNCc1cc(N2CCOCC2C)c2ccccc2n1. The van der Waals surface area contributed by atoms with Crippen molar-refractivity contribution in [1.82, 2.24) is 10.3 Å². The van der Waals surface area contributed by atoms with Crippen molar-refractivity contribution in [2.24, 2.45) is 0 Å². The number of hydrogen-bond donors (Lipinski definition) is 1. The number of benzene rings is 1. The van der Waals surface area contributed by atoms with Gasteiger partial charge in [0.2, 0.25) is 0 Å². The summed E-state index contributed by atoms with van der Waals surface area (Å²) in [6, 6.07) is 11.0. The van der Waals surface area contributed by atoms with Crippen LogP contribution in [0.25, 0.3) is 10.9 Å². The molecule has 0 amide bonds. The van der Waals surface area contributed by atoms with E-state index in [1.807, 2.05) is 0 Å². The highest BCUT2D eigenvalue weighted by Gasteiger charge is 2.21. The van der Waals surface area contributed by atoms with Crippen LogP contribution in [-0.2, 0) is 11.3 Å². The van der Waals surface area contributed by atoms with E-state index in [0.29, 0.717) is 6.04 Å². The van der Waals surface area contributed by atoms with Gasteiger partial charge >= 0.3 is 0 Å². The van der Waals surface area contributed by atoms with E-state index in [1.165, 1.54) is 11.1 Å². The van der Waals surface area contributed by atoms with E-state index in [0.717, 1.165) is 44.1 Å². The molecule has 1 aromatic heterocycles. The van der Waals surface area contributed by atoms with Gasteiger partial charge < -0.3 is 15.0 Å². The normalized spacial score (nSPS) is 19.1. The fourth-order valence-electron chi connectivity index (χ4n) is 2.88. The van der Waals surface area contributed by atoms with Gasteiger partial charge in [-0.15, -0.1) is 0 Å². The van der Waals surface area contributed by atoms with Gasteiger partial charge in [0.05, 0.1) is 24.4 Å². The van der Waals surface area contributed by atoms with Gasteiger partial charge in [0.1, 0.15) is 0 Å². The van der Waals surface area contributed by atoms with Gasteiger partial charge in [-0.2, -0.15) is 0 Å². The minimum atomic E-state index is 0.400. The fraction of sp³-hybridized carbons (Fsp3) is 0.471. The topological polar surface area (TPSA) is 37.4 Å². The Labute approximate surface area is 126 Å². The number of para-hydroxylation sites is 1. The van der Waals surface area contributed by atoms with E-state index >= 15 is 0 Å². The Hall–Kier alpha value is -1.65.